The van der Waals surface area contributed by atoms with E-state index in [0.29, 0.717) is 15.9 Å². The summed E-state index contributed by atoms with van der Waals surface area (Å²) >= 11 is 3.30. The predicted molar refractivity (Wildman–Crippen MR) is 69.2 cm³/mol. The maximum absolute atomic E-state index is 12.0. The van der Waals surface area contributed by atoms with Crippen LogP contribution in [0.15, 0.2) is 27.6 Å². The Bertz CT molecular complexity index is 469. The first-order chi connectivity index (χ1) is 7.39. The fourth-order valence-corrected chi connectivity index (χ4v) is 3.55. The van der Waals surface area contributed by atoms with Crippen LogP contribution >= 0.6 is 15.9 Å². The summed E-state index contributed by atoms with van der Waals surface area (Å²) in [5.41, 5.74) is 6.49. The van der Waals surface area contributed by atoms with Crippen LogP contribution in [-0.2, 0) is 16.3 Å². The van der Waals surface area contributed by atoms with Crippen molar-refractivity contribution in [1.82, 2.24) is 0 Å². The maximum atomic E-state index is 12.0. The molecule has 0 spiro atoms. The van der Waals surface area contributed by atoms with Gasteiger partial charge in [-0.2, -0.15) is 0 Å². The Morgan fingerprint density at radius 1 is 1.38 bits per heavy atom. The van der Waals surface area contributed by atoms with E-state index in [9.17, 15) is 8.42 Å². The van der Waals surface area contributed by atoms with Crippen molar-refractivity contribution in [2.24, 2.45) is 5.73 Å². The smallest absolute Gasteiger partial charge is 0.181 e. The van der Waals surface area contributed by atoms with Gasteiger partial charge in [0.2, 0.25) is 0 Å². The van der Waals surface area contributed by atoms with E-state index in [1.54, 1.807) is 19.9 Å². The van der Waals surface area contributed by atoms with Gasteiger partial charge in [-0.15, -0.1) is 0 Å². The van der Waals surface area contributed by atoms with E-state index in [0.717, 1.165) is 12.0 Å². The summed E-state index contributed by atoms with van der Waals surface area (Å²) in [6, 6.07) is 5.28. The van der Waals surface area contributed by atoms with Crippen molar-refractivity contribution in [3.63, 3.8) is 0 Å². The molecular formula is C11H16BrNO2S. The molecule has 0 saturated carbocycles. The zero-order valence-electron chi connectivity index (χ0n) is 9.40. The number of hydrogen-bond acceptors (Lipinski definition) is 3. The highest BCUT2D eigenvalue weighted by atomic mass is 79.9. The van der Waals surface area contributed by atoms with Gasteiger partial charge >= 0.3 is 0 Å². The van der Waals surface area contributed by atoms with E-state index >= 15 is 0 Å². The third-order valence-corrected chi connectivity index (χ3v) is 5.49. The minimum Gasteiger partial charge on any atom is -0.330 e. The number of rotatable bonds is 4. The average Bonchev–Trinajstić information content (AvgIpc) is 2.17. The summed E-state index contributed by atoms with van der Waals surface area (Å²) < 4.78 is 24.6. The van der Waals surface area contributed by atoms with Crippen molar-refractivity contribution < 1.29 is 8.42 Å². The Balaban J connectivity index is 3.19. The van der Waals surface area contributed by atoms with Gasteiger partial charge in [-0.05, 0) is 60.4 Å². The van der Waals surface area contributed by atoms with Gasteiger partial charge in [0.25, 0.3) is 0 Å². The highest BCUT2D eigenvalue weighted by Crippen LogP contribution is 2.26. The fraction of sp³-hybridized carbons (Fsp3) is 0.455. The first-order valence-electron chi connectivity index (χ1n) is 5.12. The second-order valence-electron chi connectivity index (χ2n) is 3.90. The van der Waals surface area contributed by atoms with Crippen LogP contribution in [0, 0.1) is 0 Å². The zero-order valence-corrected chi connectivity index (χ0v) is 11.8. The SMILES string of the molecule is CC(C)S(=O)(=O)c1ccc(CCN)cc1Br. The van der Waals surface area contributed by atoms with Gasteiger partial charge in [0.05, 0.1) is 10.1 Å². The predicted octanol–water partition coefficient (Wildman–Crippen LogP) is 2.13. The summed E-state index contributed by atoms with van der Waals surface area (Å²) in [5.74, 6) is 0. The van der Waals surface area contributed by atoms with Crippen LogP contribution in [0.1, 0.15) is 19.4 Å². The number of hydrogen-bond donors (Lipinski definition) is 1. The Hall–Kier alpha value is -0.390. The molecule has 1 aromatic carbocycles. The van der Waals surface area contributed by atoms with E-state index in [4.69, 9.17) is 5.73 Å². The lowest BCUT2D eigenvalue weighted by molar-refractivity contribution is 0.587. The third-order valence-electron chi connectivity index (χ3n) is 2.36. The quantitative estimate of drug-likeness (QED) is 0.927. The average molecular weight is 306 g/mol. The molecule has 0 aliphatic heterocycles. The van der Waals surface area contributed by atoms with E-state index in [1.807, 2.05) is 12.1 Å². The molecular weight excluding hydrogens is 290 g/mol. The molecule has 5 heteroatoms. The topological polar surface area (TPSA) is 60.2 Å². The number of sulfone groups is 1. The molecule has 1 rings (SSSR count). The van der Waals surface area contributed by atoms with Gasteiger partial charge in [-0.1, -0.05) is 6.07 Å². The highest BCUT2D eigenvalue weighted by Gasteiger charge is 2.21. The number of benzene rings is 1. The molecule has 3 nitrogen and oxygen atoms in total. The van der Waals surface area contributed by atoms with Crippen LogP contribution in [0.4, 0.5) is 0 Å². The second kappa shape index (κ2) is 5.29. The van der Waals surface area contributed by atoms with Crippen LogP contribution in [-0.4, -0.2) is 20.2 Å². The molecule has 1 aromatic rings. The molecule has 0 aromatic heterocycles. The van der Waals surface area contributed by atoms with Crippen molar-refractivity contribution in [2.45, 2.75) is 30.4 Å². The van der Waals surface area contributed by atoms with Gasteiger partial charge in [0, 0.05) is 4.47 Å². The van der Waals surface area contributed by atoms with Crippen molar-refractivity contribution in [2.75, 3.05) is 6.54 Å². The van der Waals surface area contributed by atoms with Crippen LogP contribution in [0.5, 0.6) is 0 Å². The van der Waals surface area contributed by atoms with Gasteiger partial charge in [-0.25, -0.2) is 8.42 Å². The van der Waals surface area contributed by atoms with Crippen molar-refractivity contribution in [1.29, 1.82) is 0 Å². The summed E-state index contributed by atoms with van der Waals surface area (Å²) in [6.07, 6.45) is 0.751. The van der Waals surface area contributed by atoms with E-state index < -0.39 is 15.1 Å². The number of nitrogens with two attached hydrogens (primary N) is 1. The lowest BCUT2D eigenvalue weighted by Crippen LogP contribution is -2.14. The normalized spacial score (nSPS) is 12.1. The molecule has 0 fully saturated rings. The third kappa shape index (κ3) is 2.84. The Kier molecular flexibility index (Phi) is 4.52. The molecule has 0 unspecified atom stereocenters. The lowest BCUT2D eigenvalue weighted by atomic mass is 10.2. The van der Waals surface area contributed by atoms with Gasteiger partial charge in [0.1, 0.15) is 0 Å². The van der Waals surface area contributed by atoms with Crippen LogP contribution in [0.2, 0.25) is 0 Å². The zero-order chi connectivity index (χ0) is 12.3. The van der Waals surface area contributed by atoms with Crippen molar-refractivity contribution in [3.05, 3.63) is 28.2 Å². The molecule has 2 N–H and O–H groups in total. The molecule has 0 atom stereocenters. The fourth-order valence-electron chi connectivity index (χ4n) is 1.35. The molecule has 0 saturated heterocycles. The summed E-state index contributed by atoms with van der Waals surface area (Å²) in [7, 11) is -3.22. The molecule has 0 heterocycles. The van der Waals surface area contributed by atoms with E-state index in [1.165, 1.54) is 0 Å². The maximum Gasteiger partial charge on any atom is 0.181 e. The van der Waals surface area contributed by atoms with Gasteiger partial charge in [0.15, 0.2) is 9.84 Å². The van der Waals surface area contributed by atoms with Crippen molar-refractivity contribution in [3.8, 4) is 0 Å². The first-order valence-corrected chi connectivity index (χ1v) is 7.46. The minimum atomic E-state index is -3.22. The first kappa shape index (κ1) is 13.7. The standard InChI is InChI=1S/C11H16BrNO2S/c1-8(2)16(14,15)11-4-3-9(5-6-13)7-10(11)12/h3-4,7-8H,5-6,13H2,1-2H3. The van der Waals surface area contributed by atoms with Crippen molar-refractivity contribution >= 4 is 25.8 Å². The monoisotopic (exact) mass is 305 g/mol. The largest absolute Gasteiger partial charge is 0.330 e. The summed E-state index contributed by atoms with van der Waals surface area (Å²) in [6.45, 7) is 3.91. The number of halogens is 1. The molecule has 0 radical (unpaired) electrons. The van der Waals surface area contributed by atoms with Crippen LogP contribution in [0.25, 0.3) is 0 Å². The molecule has 16 heavy (non-hydrogen) atoms. The molecule has 0 aliphatic rings. The second-order valence-corrected chi connectivity index (χ2v) is 7.22. The molecule has 0 bridgehead atoms. The summed E-state index contributed by atoms with van der Waals surface area (Å²) in [5, 5.41) is -0.413. The van der Waals surface area contributed by atoms with E-state index in [-0.39, 0.29) is 0 Å². The minimum absolute atomic E-state index is 0.350. The van der Waals surface area contributed by atoms with Crippen LogP contribution in [0.3, 0.4) is 0 Å². The van der Waals surface area contributed by atoms with Crippen LogP contribution < -0.4 is 5.73 Å². The molecule has 0 aliphatic carbocycles. The molecule has 0 amide bonds. The lowest BCUT2D eigenvalue weighted by Gasteiger charge is -2.10. The van der Waals surface area contributed by atoms with Gasteiger partial charge in [-0.3, -0.25) is 0 Å². The van der Waals surface area contributed by atoms with Gasteiger partial charge < -0.3 is 5.73 Å². The Morgan fingerprint density at radius 3 is 2.44 bits per heavy atom. The van der Waals surface area contributed by atoms with E-state index in [2.05, 4.69) is 15.9 Å². The summed E-state index contributed by atoms with van der Waals surface area (Å²) in [4.78, 5) is 0.350. The Labute approximate surface area is 105 Å². The highest BCUT2D eigenvalue weighted by molar-refractivity contribution is 9.10. The Morgan fingerprint density at radius 2 is 2.00 bits per heavy atom. The molecule has 90 valence electrons.